The molecule has 0 saturated heterocycles. The van der Waals surface area contributed by atoms with Gasteiger partial charge in [0, 0.05) is 0 Å². The van der Waals surface area contributed by atoms with E-state index >= 15 is 0 Å². The summed E-state index contributed by atoms with van der Waals surface area (Å²) in [6, 6.07) is 18.2. The van der Waals surface area contributed by atoms with Gasteiger partial charge in [-0.25, -0.2) is 12.1 Å². The molecule has 75 valence electrons. The largest absolute Gasteiger partial charge is 2.00 e. The molecular formula is C13H14Co. The van der Waals surface area contributed by atoms with Crippen LogP contribution in [0.1, 0.15) is 12.5 Å². The molecule has 0 aromatic heterocycles. The van der Waals surface area contributed by atoms with Crippen molar-refractivity contribution in [1.82, 2.24) is 0 Å². The Morgan fingerprint density at radius 3 is 1.93 bits per heavy atom. The van der Waals surface area contributed by atoms with E-state index in [0.29, 0.717) is 0 Å². The Morgan fingerprint density at radius 1 is 1.00 bits per heavy atom. The van der Waals surface area contributed by atoms with Crippen LogP contribution in [-0.4, -0.2) is 0 Å². The van der Waals surface area contributed by atoms with E-state index in [1.807, 2.05) is 55.5 Å². The Labute approximate surface area is 96.2 Å². The van der Waals surface area contributed by atoms with Crippen molar-refractivity contribution in [2.45, 2.75) is 6.92 Å². The summed E-state index contributed by atoms with van der Waals surface area (Å²) in [6.45, 7) is 2.02. The van der Waals surface area contributed by atoms with E-state index in [1.54, 1.807) is 0 Å². The molecule has 0 aliphatic rings. The molecule has 0 nitrogen and oxygen atoms in total. The molecule has 1 heteroatoms. The summed E-state index contributed by atoms with van der Waals surface area (Å²) in [5, 5.41) is 0. The normalized spacial score (nSPS) is 8.93. The van der Waals surface area contributed by atoms with Crippen molar-refractivity contribution in [3.63, 3.8) is 0 Å². The maximum Gasteiger partial charge on any atom is 2.00 e. The summed E-state index contributed by atoms with van der Waals surface area (Å²) in [4.78, 5) is 0. The van der Waals surface area contributed by atoms with Crippen molar-refractivity contribution in [2.24, 2.45) is 0 Å². The minimum absolute atomic E-state index is 0. The van der Waals surface area contributed by atoms with Gasteiger partial charge < -0.3 is 0 Å². The molecule has 0 aliphatic heterocycles. The second-order valence-corrected chi connectivity index (χ2v) is 2.68. The smallest absolute Gasteiger partial charge is 0.214 e. The second kappa shape index (κ2) is 8.54. The molecule has 0 aliphatic carbocycles. The molecule has 14 heavy (non-hydrogen) atoms. The molecule has 0 N–H and O–H groups in total. The third kappa shape index (κ3) is 5.57. The molecule has 2 aromatic carbocycles. The predicted octanol–water partition coefficient (Wildman–Crippen LogP) is 3.84. The van der Waals surface area contributed by atoms with Crippen LogP contribution >= 0.6 is 0 Å². The third-order valence-corrected chi connectivity index (χ3v) is 1.60. The molecular weight excluding hydrogens is 215 g/mol. The minimum atomic E-state index is 0. The van der Waals surface area contributed by atoms with Crippen molar-refractivity contribution >= 4 is 6.08 Å². The molecule has 0 heterocycles. The standard InChI is InChI=1S/C8H9.C5H5.Co/c1-2-5-8-6-3-4-7-8;1-2-4-5-3-1;/h2-7H,1H3;1-5H;/q2*-1;+2. The van der Waals surface area contributed by atoms with E-state index in [4.69, 9.17) is 0 Å². The zero-order valence-electron chi connectivity index (χ0n) is 8.18. The zero-order valence-corrected chi connectivity index (χ0v) is 9.23. The molecule has 1 radical (unpaired) electrons. The number of rotatable bonds is 1. The summed E-state index contributed by atoms with van der Waals surface area (Å²) in [7, 11) is 0. The first-order chi connectivity index (χ1) is 6.43. The molecule has 0 saturated carbocycles. The summed E-state index contributed by atoms with van der Waals surface area (Å²) >= 11 is 0. The van der Waals surface area contributed by atoms with Crippen LogP contribution in [0, 0.1) is 0 Å². The van der Waals surface area contributed by atoms with E-state index in [1.165, 1.54) is 5.56 Å². The van der Waals surface area contributed by atoms with Crippen LogP contribution in [0.4, 0.5) is 0 Å². The second-order valence-electron chi connectivity index (χ2n) is 2.68. The van der Waals surface area contributed by atoms with Gasteiger partial charge in [-0.15, -0.1) is 23.8 Å². The molecule has 2 rings (SSSR count). The van der Waals surface area contributed by atoms with Gasteiger partial charge in [0.15, 0.2) is 0 Å². The average molecular weight is 229 g/mol. The van der Waals surface area contributed by atoms with Crippen LogP contribution in [0.15, 0.2) is 60.7 Å². The van der Waals surface area contributed by atoms with Crippen molar-refractivity contribution in [1.29, 1.82) is 0 Å². The van der Waals surface area contributed by atoms with Gasteiger partial charge in [0.2, 0.25) is 0 Å². The average Bonchev–Trinajstić information content (AvgIpc) is 2.79. The summed E-state index contributed by atoms with van der Waals surface area (Å²) in [5.41, 5.74) is 1.28. The van der Waals surface area contributed by atoms with Gasteiger partial charge in [-0.3, -0.25) is 0 Å². The van der Waals surface area contributed by atoms with Crippen LogP contribution in [0.3, 0.4) is 0 Å². The molecule has 0 atom stereocenters. The Morgan fingerprint density at radius 2 is 1.57 bits per heavy atom. The Kier molecular flexibility index (Phi) is 7.90. The number of hydrogen-bond acceptors (Lipinski definition) is 0. The van der Waals surface area contributed by atoms with E-state index in [9.17, 15) is 0 Å². The van der Waals surface area contributed by atoms with Crippen molar-refractivity contribution in [2.75, 3.05) is 0 Å². The summed E-state index contributed by atoms with van der Waals surface area (Å²) in [6.07, 6.45) is 4.12. The fourth-order valence-electron chi connectivity index (χ4n) is 1.01. The van der Waals surface area contributed by atoms with Gasteiger partial charge in [0.1, 0.15) is 0 Å². The number of hydrogen-bond donors (Lipinski definition) is 0. The molecule has 0 fully saturated rings. The maximum absolute atomic E-state index is 2.08. The quantitative estimate of drug-likeness (QED) is 0.652. The Bertz CT molecular complexity index is 284. The van der Waals surface area contributed by atoms with Gasteiger partial charge >= 0.3 is 16.8 Å². The third-order valence-electron chi connectivity index (χ3n) is 1.60. The van der Waals surface area contributed by atoms with Gasteiger partial charge in [-0.2, -0.15) is 36.4 Å². The molecule has 0 spiro atoms. The van der Waals surface area contributed by atoms with Crippen LogP contribution in [0.2, 0.25) is 0 Å². The van der Waals surface area contributed by atoms with Crippen molar-refractivity contribution in [3.05, 3.63) is 66.2 Å². The summed E-state index contributed by atoms with van der Waals surface area (Å²) < 4.78 is 0. The molecule has 2 aromatic rings. The van der Waals surface area contributed by atoms with E-state index < -0.39 is 0 Å². The SMILES string of the molecule is CC=C[c-]1cccc1.[Co+2].c1cc[cH-]c1. The first-order valence-electron chi connectivity index (χ1n) is 4.44. The van der Waals surface area contributed by atoms with Crippen LogP contribution < -0.4 is 0 Å². The van der Waals surface area contributed by atoms with E-state index in [0.717, 1.165) is 0 Å². The van der Waals surface area contributed by atoms with Crippen molar-refractivity contribution < 1.29 is 16.8 Å². The molecule has 0 bridgehead atoms. The van der Waals surface area contributed by atoms with Crippen LogP contribution in [-0.2, 0) is 16.8 Å². The van der Waals surface area contributed by atoms with Crippen LogP contribution in [0.25, 0.3) is 6.08 Å². The predicted molar refractivity (Wildman–Crippen MR) is 58.8 cm³/mol. The Hall–Kier alpha value is -1.05. The van der Waals surface area contributed by atoms with Gasteiger partial charge in [0.05, 0.1) is 0 Å². The van der Waals surface area contributed by atoms with E-state index in [2.05, 4.69) is 18.2 Å². The van der Waals surface area contributed by atoms with Gasteiger partial charge in [-0.05, 0) is 0 Å². The van der Waals surface area contributed by atoms with Gasteiger partial charge in [0.25, 0.3) is 0 Å². The summed E-state index contributed by atoms with van der Waals surface area (Å²) in [5.74, 6) is 0. The minimum Gasteiger partial charge on any atom is -0.214 e. The Balaban J connectivity index is 0.000000246. The fourth-order valence-corrected chi connectivity index (χ4v) is 1.01. The van der Waals surface area contributed by atoms with Gasteiger partial charge in [-0.1, -0.05) is 6.92 Å². The topological polar surface area (TPSA) is 0 Å². The zero-order chi connectivity index (χ0) is 9.36. The van der Waals surface area contributed by atoms with Crippen LogP contribution in [0.5, 0.6) is 0 Å². The number of allylic oxidation sites excluding steroid dienone is 1. The fraction of sp³-hybridized carbons (Fsp3) is 0.0769. The first kappa shape index (κ1) is 12.9. The van der Waals surface area contributed by atoms with Crippen molar-refractivity contribution in [3.8, 4) is 0 Å². The molecule has 0 unspecified atom stereocenters. The molecule has 0 amide bonds. The maximum atomic E-state index is 2.08. The van der Waals surface area contributed by atoms with E-state index in [-0.39, 0.29) is 16.8 Å². The monoisotopic (exact) mass is 229 g/mol. The first-order valence-corrected chi connectivity index (χ1v) is 4.44.